The van der Waals surface area contributed by atoms with Gasteiger partial charge in [0.2, 0.25) is 0 Å². The van der Waals surface area contributed by atoms with Crippen molar-refractivity contribution < 1.29 is 5.11 Å². The Kier molecular flexibility index (Phi) is 1.72. The van der Waals surface area contributed by atoms with Crippen molar-refractivity contribution in [1.82, 2.24) is 9.38 Å². The lowest BCUT2D eigenvalue weighted by molar-refractivity contribution is 0.473. The van der Waals surface area contributed by atoms with Crippen LogP contribution >= 0.6 is 0 Å². The molecule has 2 aromatic heterocycles. The number of imidazole rings is 1. The van der Waals surface area contributed by atoms with E-state index in [0.717, 1.165) is 11.3 Å². The molecule has 0 aliphatic heterocycles. The first-order chi connectivity index (χ1) is 6.18. The van der Waals surface area contributed by atoms with E-state index in [1.54, 1.807) is 18.3 Å². The van der Waals surface area contributed by atoms with Crippen LogP contribution in [0.2, 0.25) is 0 Å². The number of nitrogens with zero attached hydrogens (tertiary/aromatic N) is 2. The van der Waals surface area contributed by atoms with E-state index in [9.17, 15) is 5.11 Å². The van der Waals surface area contributed by atoms with Crippen LogP contribution in [0, 0.1) is 0 Å². The van der Waals surface area contributed by atoms with Crippen LogP contribution in [0.3, 0.4) is 0 Å². The molecule has 13 heavy (non-hydrogen) atoms. The Morgan fingerprint density at radius 2 is 2.15 bits per heavy atom. The maximum Gasteiger partial charge on any atom is 0.140 e. The second kappa shape index (κ2) is 2.76. The molecule has 0 unspecified atom stereocenters. The van der Waals surface area contributed by atoms with E-state index in [0.29, 0.717) is 5.92 Å². The van der Waals surface area contributed by atoms with Gasteiger partial charge in [-0.15, -0.1) is 0 Å². The fraction of sp³-hybridized carbons (Fsp3) is 0.300. The van der Waals surface area contributed by atoms with E-state index < -0.39 is 0 Å². The van der Waals surface area contributed by atoms with E-state index in [4.69, 9.17) is 0 Å². The highest BCUT2D eigenvalue weighted by molar-refractivity contribution is 5.46. The summed E-state index contributed by atoms with van der Waals surface area (Å²) in [6.45, 7) is 4.18. The summed E-state index contributed by atoms with van der Waals surface area (Å²) in [5.74, 6) is 0.659. The van der Waals surface area contributed by atoms with Crippen molar-refractivity contribution >= 4 is 5.65 Å². The van der Waals surface area contributed by atoms with Gasteiger partial charge in [-0.3, -0.25) is 0 Å². The zero-order valence-corrected chi connectivity index (χ0v) is 7.73. The Hall–Kier alpha value is -1.51. The molecule has 0 atom stereocenters. The Morgan fingerprint density at radius 1 is 1.38 bits per heavy atom. The fourth-order valence-corrected chi connectivity index (χ4v) is 1.48. The molecule has 0 aliphatic carbocycles. The van der Waals surface area contributed by atoms with Gasteiger partial charge in [-0.2, -0.15) is 0 Å². The molecular formula is C10H12N2O. The largest absolute Gasteiger partial charge is 0.508 e. The Morgan fingerprint density at radius 3 is 2.85 bits per heavy atom. The lowest BCUT2D eigenvalue weighted by Crippen LogP contribution is -1.97. The van der Waals surface area contributed by atoms with Crippen molar-refractivity contribution in [1.29, 1.82) is 0 Å². The highest BCUT2D eigenvalue weighted by Gasteiger charge is 2.06. The van der Waals surface area contributed by atoms with Crippen LogP contribution in [0.4, 0.5) is 0 Å². The van der Waals surface area contributed by atoms with E-state index in [1.165, 1.54) is 0 Å². The number of rotatable bonds is 1. The van der Waals surface area contributed by atoms with Gasteiger partial charge in [-0.25, -0.2) is 4.98 Å². The first-order valence-electron chi connectivity index (χ1n) is 4.34. The third-order valence-electron chi connectivity index (χ3n) is 2.11. The predicted molar refractivity (Wildman–Crippen MR) is 50.9 cm³/mol. The molecule has 0 saturated carbocycles. The highest BCUT2D eigenvalue weighted by atomic mass is 16.3. The number of pyridine rings is 1. The molecule has 0 bridgehead atoms. The summed E-state index contributed by atoms with van der Waals surface area (Å²) >= 11 is 0. The fourth-order valence-electron chi connectivity index (χ4n) is 1.48. The van der Waals surface area contributed by atoms with Crippen LogP contribution in [0.15, 0.2) is 24.5 Å². The van der Waals surface area contributed by atoms with Crippen molar-refractivity contribution in [2.24, 2.45) is 0 Å². The Balaban J connectivity index is 2.77. The Labute approximate surface area is 76.7 Å². The van der Waals surface area contributed by atoms with E-state index in [2.05, 4.69) is 18.8 Å². The number of aromatic hydroxyl groups is 1. The maximum atomic E-state index is 9.43. The number of fused-ring (bicyclic) bond motifs is 1. The molecule has 2 rings (SSSR count). The van der Waals surface area contributed by atoms with Crippen LogP contribution in [0.1, 0.15) is 25.5 Å². The molecule has 0 fully saturated rings. The Bertz CT molecular complexity index is 431. The summed E-state index contributed by atoms with van der Waals surface area (Å²) in [6.07, 6.45) is 3.64. The summed E-state index contributed by atoms with van der Waals surface area (Å²) in [5, 5.41) is 9.43. The van der Waals surface area contributed by atoms with Gasteiger partial charge in [-0.05, 0) is 5.92 Å². The molecule has 0 aromatic carbocycles. The maximum absolute atomic E-state index is 9.43. The van der Waals surface area contributed by atoms with Gasteiger partial charge >= 0.3 is 0 Å². The first-order valence-corrected chi connectivity index (χ1v) is 4.34. The van der Waals surface area contributed by atoms with Gasteiger partial charge < -0.3 is 9.51 Å². The zero-order valence-electron chi connectivity index (χ0n) is 7.73. The van der Waals surface area contributed by atoms with E-state index in [1.807, 2.05) is 10.6 Å². The quantitative estimate of drug-likeness (QED) is 0.723. The number of aromatic nitrogens is 2. The van der Waals surface area contributed by atoms with Gasteiger partial charge in [0.1, 0.15) is 11.4 Å². The molecule has 3 nitrogen and oxygen atoms in total. The number of hydrogen-bond acceptors (Lipinski definition) is 2. The van der Waals surface area contributed by atoms with E-state index in [-0.39, 0.29) is 5.75 Å². The minimum absolute atomic E-state index is 0.280. The lowest BCUT2D eigenvalue weighted by atomic mass is 10.1. The van der Waals surface area contributed by atoms with Gasteiger partial charge in [0.05, 0.1) is 0 Å². The predicted octanol–water partition coefficient (Wildman–Crippen LogP) is 2.16. The monoisotopic (exact) mass is 176 g/mol. The lowest BCUT2D eigenvalue weighted by Gasteiger charge is -2.09. The van der Waals surface area contributed by atoms with Crippen LogP contribution in [-0.2, 0) is 0 Å². The average molecular weight is 176 g/mol. The highest BCUT2D eigenvalue weighted by Crippen LogP contribution is 2.21. The molecule has 3 heteroatoms. The second-order valence-electron chi connectivity index (χ2n) is 3.45. The van der Waals surface area contributed by atoms with Crippen molar-refractivity contribution in [3.63, 3.8) is 0 Å². The van der Waals surface area contributed by atoms with Crippen LogP contribution < -0.4 is 0 Å². The van der Waals surface area contributed by atoms with Gasteiger partial charge in [-0.1, -0.05) is 13.8 Å². The minimum Gasteiger partial charge on any atom is -0.508 e. The van der Waals surface area contributed by atoms with Crippen LogP contribution in [-0.4, -0.2) is 14.5 Å². The standard InChI is InChI=1S/C10H12N2O/c1-7(2)9-5-8(13)6-10-11-3-4-12(9)10/h3-7,13H,1-2H3. The minimum atomic E-state index is 0.280. The molecule has 0 spiro atoms. The summed E-state index contributed by atoms with van der Waals surface area (Å²) < 4.78 is 1.99. The van der Waals surface area contributed by atoms with Crippen LogP contribution in [0.5, 0.6) is 5.75 Å². The molecule has 2 heterocycles. The molecule has 0 aliphatic rings. The van der Waals surface area contributed by atoms with Crippen molar-refractivity contribution in [3.8, 4) is 5.75 Å². The third-order valence-corrected chi connectivity index (χ3v) is 2.11. The molecule has 0 saturated heterocycles. The molecule has 2 aromatic rings. The zero-order chi connectivity index (χ0) is 9.42. The van der Waals surface area contributed by atoms with Crippen molar-refractivity contribution in [3.05, 3.63) is 30.2 Å². The van der Waals surface area contributed by atoms with Crippen LogP contribution in [0.25, 0.3) is 5.65 Å². The van der Waals surface area contributed by atoms with Gasteiger partial charge in [0, 0.05) is 30.2 Å². The van der Waals surface area contributed by atoms with Gasteiger partial charge in [0.15, 0.2) is 0 Å². The topological polar surface area (TPSA) is 37.5 Å². The summed E-state index contributed by atoms with van der Waals surface area (Å²) in [6, 6.07) is 3.44. The van der Waals surface area contributed by atoms with E-state index >= 15 is 0 Å². The summed E-state index contributed by atoms with van der Waals surface area (Å²) in [7, 11) is 0. The average Bonchev–Trinajstić information content (AvgIpc) is 2.49. The van der Waals surface area contributed by atoms with Gasteiger partial charge in [0.25, 0.3) is 0 Å². The first kappa shape index (κ1) is 8.10. The van der Waals surface area contributed by atoms with Crippen molar-refractivity contribution in [2.75, 3.05) is 0 Å². The second-order valence-corrected chi connectivity index (χ2v) is 3.45. The molecule has 68 valence electrons. The molecule has 0 radical (unpaired) electrons. The van der Waals surface area contributed by atoms with Crippen molar-refractivity contribution in [2.45, 2.75) is 19.8 Å². The third kappa shape index (κ3) is 1.26. The molecule has 0 amide bonds. The molecular weight excluding hydrogens is 164 g/mol. The molecule has 1 N–H and O–H groups in total. The number of hydrogen-bond donors (Lipinski definition) is 1. The SMILES string of the molecule is CC(C)c1cc(O)cc2nccn12. The normalized spacial score (nSPS) is 11.3. The smallest absolute Gasteiger partial charge is 0.140 e. The summed E-state index contributed by atoms with van der Waals surface area (Å²) in [5.41, 5.74) is 1.87. The summed E-state index contributed by atoms with van der Waals surface area (Å²) in [4.78, 5) is 4.13.